The van der Waals surface area contributed by atoms with Crippen molar-refractivity contribution in [2.24, 2.45) is 5.41 Å². The number of fused-ring (bicyclic) bond motifs is 1. The molecule has 0 amide bonds. The van der Waals surface area contributed by atoms with Crippen LogP contribution < -0.4 is 4.90 Å². The molecule has 1 fully saturated rings. The van der Waals surface area contributed by atoms with Gasteiger partial charge in [0.1, 0.15) is 12.1 Å². The van der Waals surface area contributed by atoms with Gasteiger partial charge in [-0.05, 0) is 32.4 Å². The van der Waals surface area contributed by atoms with Crippen molar-refractivity contribution < 1.29 is 9.90 Å². The summed E-state index contributed by atoms with van der Waals surface area (Å²) in [5, 5.41) is 10.3. The van der Waals surface area contributed by atoms with Gasteiger partial charge in [-0.1, -0.05) is 11.6 Å². The predicted octanol–water partition coefficient (Wildman–Crippen LogP) is 2.24. The summed E-state index contributed by atoms with van der Waals surface area (Å²) in [5.41, 5.74) is 1.35. The molecule has 0 spiro atoms. The number of rotatable bonds is 2. The number of nitrogens with zero attached hydrogens (tertiary/aromatic N) is 3. The molecule has 0 saturated carbocycles. The molecule has 20 heavy (non-hydrogen) atoms. The Morgan fingerprint density at radius 3 is 2.90 bits per heavy atom. The van der Waals surface area contributed by atoms with E-state index >= 15 is 0 Å². The molecule has 5 nitrogen and oxygen atoms in total. The van der Waals surface area contributed by atoms with Gasteiger partial charge in [0.2, 0.25) is 0 Å². The first-order chi connectivity index (χ1) is 9.49. The Balaban J connectivity index is 2.04. The maximum Gasteiger partial charge on any atom is 0.311 e. The molecule has 1 atom stereocenters. The number of aliphatic carboxylic acids is 1. The molecule has 0 radical (unpaired) electrons. The van der Waals surface area contributed by atoms with Gasteiger partial charge in [-0.3, -0.25) is 4.79 Å². The van der Waals surface area contributed by atoms with Crippen LogP contribution in [0.25, 0.3) is 10.9 Å². The Bertz CT molecular complexity index is 686. The van der Waals surface area contributed by atoms with Gasteiger partial charge in [-0.15, -0.1) is 0 Å². The largest absolute Gasteiger partial charge is 0.481 e. The van der Waals surface area contributed by atoms with Crippen molar-refractivity contribution in [2.75, 3.05) is 18.0 Å². The van der Waals surface area contributed by atoms with E-state index in [0.717, 1.165) is 22.3 Å². The zero-order chi connectivity index (χ0) is 14.3. The van der Waals surface area contributed by atoms with E-state index in [2.05, 4.69) is 20.9 Å². The first-order valence-corrected chi connectivity index (χ1v) is 6.69. The van der Waals surface area contributed by atoms with Gasteiger partial charge in [-0.25, -0.2) is 9.97 Å². The van der Waals surface area contributed by atoms with Gasteiger partial charge in [0, 0.05) is 18.5 Å². The van der Waals surface area contributed by atoms with E-state index in [0.29, 0.717) is 19.5 Å². The van der Waals surface area contributed by atoms with Gasteiger partial charge in [0.25, 0.3) is 0 Å². The summed E-state index contributed by atoms with van der Waals surface area (Å²) in [6.45, 7) is 5.02. The van der Waals surface area contributed by atoms with E-state index in [-0.39, 0.29) is 0 Å². The molecule has 1 N–H and O–H groups in total. The van der Waals surface area contributed by atoms with Crippen LogP contribution in [0.1, 0.15) is 18.9 Å². The highest BCUT2D eigenvalue weighted by molar-refractivity contribution is 5.90. The van der Waals surface area contributed by atoms with Gasteiger partial charge in [-0.2, -0.15) is 0 Å². The summed E-state index contributed by atoms with van der Waals surface area (Å²) < 4.78 is 0. The molecule has 0 bridgehead atoms. The van der Waals surface area contributed by atoms with Crippen molar-refractivity contribution in [1.82, 2.24) is 9.97 Å². The lowest BCUT2D eigenvalue weighted by Gasteiger charge is -2.21. The number of anilines is 1. The maximum absolute atomic E-state index is 11.4. The summed E-state index contributed by atoms with van der Waals surface area (Å²) in [4.78, 5) is 22.1. The molecule has 1 aromatic heterocycles. The second kappa shape index (κ2) is 4.44. The first kappa shape index (κ1) is 12.8. The Labute approximate surface area is 117 Å². The van der Waals surface area contributed by atoms with Crippen LogP contribution in [0.15, 0.2) is 24.5 Å². The highest BCUT2D eigenvalue weighted by Crippen LogP contribution is 2.35. The monoisotopic (exact) mass is 271 g/mol. The van der Waals surface area contributed by atoms with E-state index in [1.54, 1.807) is 13.3 Å². The number of carboxylic acid groups (broad SMARTS) is 1. The van der Waals surface area contributed by atoms with E-state index in [9.17, 15) is 9.90 Å². The van der Waals surface area contributed by atoms with Crippen LogP contribution in [0.5, 0.6) is 0 Å². The first-order valence-electron chi connectivity index (χ1n) is 6.69. The normalized spacial score (nSPS) is 22.4. The van der Waals surface area contributed by atoms with Gasteiger partial charge >= 0.3 is 5.97 Å². The number of carbonyl (C=O) groups is 1. The summed E-state index contributed by atoms with van der Waals surface area (Å²) in [6.07, 6.45) is 2.18. The lowest BCUT2D eigenvalue weighted by atomic mass is 9.90. The van der Waals surface area contributed by atoms with E-state index in [4.69, 9.17) is 0 Å². The van der Waals surface area contributed by atoms with Crippen molar-refractivity contribution >= 4 is 22.7 Å². The van der Waals surface area contributed by atoms with Crippen LogP contribution in [-0.4, -0.2) is 34.1 Å². The molecule has 5 heteroatoms. The van der Waals surface area contributed by atoms with Crippen LogP contribution in [0.2, 0.25) is 0 Å². The van der Waals surface area contributed by atoms with Crippen molar-refractivity contribution in [3.8, 4) is 0 Å². The summed E-state index contributed by atoms with van der Waals surface area (Å²) in [7, 11) is 0. The van der Waals surface area contributed by atoms with Crippen LogP contribution >= 0.6 is 0 Å². The third-order valence-corrected chi connectivity index (χ3v) is 4.06. The van der Waals surface area contributed by atoms with E-state index in [1.807, 2.05) is 19.1 Å². The van der Waals surface area contributed by atoms with Crippen LogP contribution in [-0.2, 0) is 4.79 Å². The van der Waals surface area contributed by atoms with E-state index in [1.165, 1.54) is 0 Å². The molecule has 2 heterocycles. The van der Waals surface area contributed by atoms with Crippen LogP contribution in [0.4, 0.5) is 5.82 Å². The number of carboxylic acids is 1. The van der Waals surface area contributed by atoms with E-state index < -0.39 is 11.4 Å². The molecule has 2 aromatic rings. The number of aromatic nitrogens is 2. The Kier molecular flexibility index (Phi) is 2.85. The average Bonchev–Trinajstić information content (AvgIpc) is 2.82. The molecule has 1 saturated heterocycles. The fourth-order valence-electron chi connectivity index (χ4n) is 2.73. The summed E-state index contributed by atoms with van der Waals surface area (Å²) in [5.74, 6) is 0.0956. The SMILES string of the molecule is Cc1ccc2ncnc(N3CCC(C)(C(=O)O)C3)c2c1. The van der Waals surface area contributed by atoms with Crippen LogP contribution in [0, 0.1) is 12.3 Å². The number of hydrogen-bond acceptors (Lipinski definition) is 4. The Hall–Kier alpha value is -2.17. The smallest absolute Gasteiger partial charge is 0.311 e. The fraction of sp³-hybridized carbons (Fsp3) is 0.400. The average molecular weight is 271 g/mol. The van der Waals surface area contributed by atoms with Crippen molar-refractivity contribution in [1.29, 1.82) is 0 Å². The quantitative estimate of drug-likeness (QED) is 0.907. The van der Waals surface area contributed by atoms with Gasteiger partial charge in [0.05, 0.1) is 10.9 Å². The highest BCUT2D eigenvalue weighted by Gasteiger charge is 2.41. The number of benzene rings is 1. The predicted molar refractivity (Wildman–Crippen MR) is 76.8 cm³/mol. The van der Waals surface area contributed by atoms with Gasteiger partial charge in [0.15, 0.2) is 0 Å². The zero-order valence-electron chi connectivity index (χ0n) is 11.6. The minimum absolute atomic E-state index is 0.488. The molecule has 1 aromatic carbocycles. The molecule has 3 rings (SSSR count). The molecule has 1 aliphatic rings. The Morgan fingerprint density at radius 1 is 1.40 bits per heavy atom. The second-order valence-corrected chi connectivity index (χ2v) is 5.76. The minimum atomic E-state index is -0.741. The Morgan fingerprint density at radius 2 is 2.20 bits per heavy atom. The van der Waals surface area contributed by atoms with Crippen molar-refractivity contribution in [3.63, 3.8) is 0 Å². The van der Waals surface area contributed by atoms with Gasteiger partial charge < -0.3 is 10.0 Å². The topological polar surface area (TPSA) is 66.3 Å². The third-order valence-electron chi connectivity index (χ3n) is 4.06. The molecule has 1 unspecified atom stereocenters. The highest BCUT2D eigenvalue weighted by atomic mass is 16.4. The molecular formula is C15H17N3O2. The van der Waals surface area contributed by atoms with Crippen molar-refractivity contribution in [2.45, 2.75) is 20.3 Å². The summed E-state index contributed by atoms with van der Waals surface area (Å²) in [6, 6.07) is 6.05. The molecule has 104 valence electrons. The van der Waals surface area contributed by atoms with Crippen LogP contribution in [0.3, 0.4) is 0 Å². The van der Waals surface area contributed by atoms with Crippen molar-refractivity contribution in [3.05, 3.63) is 30.1 Å². The number of hydrogen-bond donors (Lipinski definition) is 1. The minimum Gasteiger partial charge on any atom is -0.481 e. The maximum atomic E-state index is 11.4. The zero-order valence-corrected chi connectivity index (χ0v) is 11.6. The third kappa shape index (κ3) is 1.99. The second-order valence-electron chi connectivity index (χ2n) is 5.76. The molecule has 1 aliphatic heterocycles. The molecule has 0 aliphatic carbocycles. The fourth-order valence-corrected chi connectivity index (χ4v) is 2.73. The summed E-state index contributed by atoms with van der Waals surface area (Å²) >= 11 is 0. The lowest BCUT2D eigenvalue weighted by Crippen LogP contribution is -2.32. The standard InChI is InChI=1S/C15H17N3O2/c1-10-3-4-12-11(7-10)13(17-9-16-12)18-6-5-15(2,8-18)14(19)20/h3-4,7,9H,5-6,8H2,1-2H3,(H,19,20). The lowest BCUT2D eigenvalue weighted by molar-refractivity contribution is -0.146. The molecular weight excluding hydrogens is 254 g/mol. The number of aryl methyl sites for hydroxylation is 1.